The van der Waals surface area contributed by atoms with E-state index < -0.39 is 0 Å². The van der Waals surface area contributed by atoms with Crippen molar-refractivity contribution in [2.75, 3.05) is 13.1 Å². The van der Waals surface area contributed by atoms with E-state index in [-0.39, 0.29) is 0 Å². The Hall–Kier alpha value is -0.340. The molecular formula is C15H25NS. The molecule has 17 heavy (non-hydrogen) atoms. The van der Waals surface area contributed by atoms with E-state index in [1.807, 2.05) is 11.3 Å². The summed E-state index contributed by atoms with van der Waals surface area (Å²) in [6.45, 7) is 4.75. The van der Waals surface area contributed by atoms with E-state index in [0.29, 0.717) is 0 Å². The van der Waals surface area contributed by atoms with Gasteiger partial charge in [0.25, 0.3) is 0 Å². The molecule has 2 heteroatoms. The predicted octanol–water partition coefficient (Wildman–Crippen LogP) is 4.10. The summed E-state index contributed by atoms with van der Waals surface area (Å²) in [6.07, 6.45) is 8.43. The molecule has 0 aliphatic heterocycles. The Morgan fingerprint density at radius 1 is 1.24 bits per heavy atom. The van der Waals surface area contributed by atoms with Crippen LogP contribution < -0.4 is 5.32 Å². The Kier molecular flexibility index (Phi) is 5.53. The highest BCUT2D eigenvalue weighted by molar-refractivity contribution is 7.09. The fourth-order valence-corrected chi connectivity index (χ4v) is 3.42. The van der Waals surface area contributed by atoms with E-state index in [1.165, 1.54) is 49.9 Å². The van der Waals surface area contributed by atoms with Gasteiger partial charge in [0.1, 0.15) is 0 Å². The molecule has 1 heterocycles. The van der Waals surface area contributed by atoms with Crippen molar-refractivity contribution in [3.63, 3.8) is 0 Å². The van der Waals surface area contributed by atoms with Gasteiger partial charge in [-0.05, 0) is 49.2 Å². The van der Waals surface area contributed by atoms with Crippen LogP contribution in [0.3, 0.4) is 0 Å². The summed E-state index contributed by atoms with van der Waals surface area (Å²) in [4.78, 5) is 1.50. The van der Waals surface area contributed by atoms with Crippen molar-refractivity contribution in [2.24, 2.45) is 11.8 Å². The van der Waals surface area contributed by atoms with Crippen molar-refractivity contribution in [1.82, 2.24) is 5.32 Å². The summed E-state index contributed by atoms with van der Waals surface area (Å²) < 4.78 is 0. The molecule has 0 bridgehead atoms. The van der Waals surface area contributed by atoms with Crippen LogP contribution in [0.4, 0.5) is 0 Å². The van der Waals surface area contributed by atoms with E-state index in [1.54, 1.807) is 0 Å². The van der Waals surface area contributed by atoms with E-state index >= 15 is 0 Å². The zero-order valence-electron chi connectivity index (χ0n) is 11.0. The first-order valence-electron chi connectivity index (χ1n) is 7.07. The van der Waals surface area contributed by atoms with Crippen molar-refractivity contribution in [3.05, 3.63) is 22.4 Å². The lowest BCUT2D eigenvalue weighted by Gasteiger charge is -2.26. The Morgan fingerprint density at radius 2 is 2.06 bits per heavy atom. The minimum atomic E-state index is 0.984. The number of hydrogen-bond acceptors (Lipinski definition) is 2. The van der Waals surface area contributed by atoms with E-state index in [4.69, 9.17) is 0 Å². The van der Waals surface area contributed by atoms with Crippen molar-refractivity contribution in [1.29, 1.82) is 0 Å². The molecular weight excluding hydrogens is 226 g/mol. The fraction of sp³-hybridized carbons (Fsp3) is 0.733. The molecule has 1 aromatic rings. The molecule has 1 N–H and O–H groups in total. The van der Waals surface area contributed by atoms with Crippen LogP contribution in [0.5, 0.6) is 0 Å². The molecule has 0 saturated heterocycles. The van der Waals surface area contributed by atoms with Gasteiger partial charge in [-0.15, -0.1) is 11.3 Å². The molecule has 1 fully saturated rings. The zero-order chi connectivity index (χ0) is 11.9. The van der Waals surface area contributed by atoms with Crippen LogP contribution >= 0.6 is 11.3 Å². The molecule has 1 saturated carbocycles. The topological polar surface area (TPSA) is 12.0 Å². The van der Waals surface area contributed by atoms with E-state index in [0.717, 1.165) is 18.4 Å². The van der Waals surface area contributed by atoms with Gasteiger partial charge in [0.2, 0.25) is 0 Å². The molecule has 0 aromatic carbocycles. The van der Waals surface area contributed by atoms with Gasteiger partial charge in [-0.25, -0.2) is 0 Å². The zero-order valence-corrected chi connectivity index (χ0v) is 11.8. The standard InChI is InChI=1S/C15H25NS/c1-13-4-6-14(7-5-13)8-10-16-11-9-15-3-2-12-17-15/h2-3,12-14,16H,4-11H2,1H3. The third kappa shape index (κ3) is 4.81. The lowest BCUT2D eigenvalue weighted by atomic mass is 9.81. The number of rotatable bonds is 6. The number of thiophene rings is 1. The molecule has 1 aromatic heterocycles. The van der Waals surface area contributed by atoms with Crippen molar-refractivity contribution in [3.8, 4) is 0 Å². The fourth-order valence-electron chi connectivity index (χ4n) is 2.72. The lowest BCUT2D eigenvalue weighted by Crippen LogP contribution is -2.22. The third-order valence-corrected chi connectivity index (χ3v) is 4.93. The van der Waals surface area contributed by atoms with Gasteiger partial charge in [0.15, 0.2) is 0 Å². The first kappa shape index (κ1) is 13.1. The molecule has 0 atom stereocenters. The minimum Gasteiger partial charge on any atom is -0.316 e. The van der Waals surface area contributed by atoms with Crippen LogP contribution in [0.15, 0.2) is 17.5 Å². The molecule has 96 valence electrons. The highest BCUT2D eigenvalue weighted by Gasteiger charge is 2.17. The van der Waals surface area contributed by atoms with Crippen LogP contribution in [0.25, 0.3) is 0 Å². The molecule has 0 spiro atoms. The van der Waals surface area contributed by atoms with Crippen molar-refractivity contribution >= 4 is 11.3 Å². The second-order valence-electron chi connectivity index (χ2n) is 5.49. The van der Waals surface area contributed by atoms with Crippen LogP contribution in [0, 0.1) is 11.8 Å². The second-order valence-corrected chi connectivity index (χ2v) is 6.53. The molecule has 0 unspecified atom stereocenters. The SMILES string of the molecule is CC1CCC(CCNCCc2cccs2)CC1. The smallest absolute Gasteiger partial charge is 0.00578 e. The Labute approximate surface area is 110 Å². The monoisotopic (exact) mass is 251 g/mol. The van der Waals surface area contributed by atoms with Gasteiger partial charge < -0.3 is 5.32 Å². The molecule has 0 radical (unpaired) electrons. The molecule has 1 aliphatic rings. The summed E-state index contributed by atoms with van der Waals surface area (Å²) in [5, 5.41) is 5.75. The van der Waals surface area contributed by atoms with Crippen molar-refractivity contribution < 1.29 is 0 Å². The summed E-state index contributed by atoms with van der Waals surface area (Å²) in [5.41, 5.74) is 0. The highest BCUT2D eigenvalue weighted by Crippen LogP contribution is 2.29. The highest BCUT2D eigenvalue weighted by atomic mass is 32.1. The van der Waals surface area contributed by atoms with Gasteiger partial charge >= 0.3 is 0 Å². The van der Waals surface area contributed by atoms with Gasteiger partial charge in [0.05, 0.1) is 0 Å². The third-order valence-electron chi connectivity index (χ3n) is 3.99. The van der Waals surface area contributed by atoms with Gasteiger partial charge in [-0.3, -0.25) is 0 Å². The largest absolute Gasteiger partial charge is 0.316 e. The number of hydrogen-bond donors (Lipinski definition) is 1. The number of nitrogens with one attached hydrogen (secondary N) is 1. The van der Waals surface area contributed by atoms with Crippen LogP contribution in [0.2, 0.25) is 0 Å². The molecule has 2 rings (SSSR count). The predicted molar refractivity (Wildman–Crippen MR) is 76.6 cm³/mol. The van der Waals surface area contributed by atoms with E-state index in [9.17, 15) is 0 Å². The van der Waals surface area contributed by atoms with Gasteiger partial charge in [-0.2, -0.15) is 0 Å². The normalized spacial score (nSPS) is 25.0. The van der Waals surface area contributed by atoms with Crippen molar-refractivity contribution in [2.45, 2.75) is 45.4 Å². The second kappa shape index (κ2) is 7.17. The van der Waals surface area contributed by atoms with E-state index in [2.05, 4.69) is 29.8 Å². The van der Waals surface area contributed by atoms with Gasteiger partial charge in [0, 0.05) is 4.88 Å². The average molecular weight is 251 g/mol. The van der Waals surface area contributed by atoms with Gasteiger partial charge in [-0.1, -0.05) is 38.7 Å². The summed E-state index contributed by atoms with van der Waals surface area (Å²) in [6, 6.07) is 4.37. The minimum absolute atomic E-state index is 0.984. The summed E-state index contributed by atoms with van der Waals surface area (Å²) in [5.74, 6) is 1.98. The Bertz CT molecular complexity index is 286. The Balaban J connectivity index is 1.49. The quantitative estimate of drug-likeness (QED) is 0.751. The summed E-state index contributed by atoms with van der Waals surface area (Å²) in [7, 11) is 0. The molecule has 1 aliphatic carbocycles. The first-order chi connectivity index (χ1) is 8.34. The lowest BCUT2D eigenvalue weighted by molar-refractivity contribution is 0.275. The Morgan fingerprint density at radius 3 is 2.76 bits per heavy atom. The van der Waals surface area contributed by atoms with Crippen LogP contribution in [0.1, 0.15) is 43.9 Å². The first-order valence-corrected chi connectivity index (χ1v) is 7.95. The average Bonchev–Trinajstić information content (AvgIpc) is 2.84. The molecule has 1 nitrogen and oxygen atoms in total. The maximum atomic E-state index is 3.59. The van der Waals surface area contributed by atoms with Crippen LogP contribution in [-0.4, -0.2) is 13.1 Å². The maximum absolute atomic E-state index is 3.59. The van der Waals surface area contributed by atoms with Crippen LogP contribution in [-0.2, 0) is 6.42 Å². The summed E-state index contributed by atoms with van der Waals surface area (Å²) >= 11 is 1.87. The maximum Gasteiger partial charge on any atom is 0.00578 e. The molecule has 0 amide bonds.